The number of carbonyl (C=O) groups is 1. The molecular formula is C16H19ClN6O2. The Kier molecular flexibility index (Phi) is 4.73. The number of carbonyl (C=O) groups excluding carboxylic acids is 1. The number of imidazole rings is 1. The van der Waals surface area contributed by atoms with Gasteiger partial charge in [0.2, 0.25) is 0 Å². The Hall–Kier alpha value is -2.45. The second-order valence-corrected chi connectivity index (χ2v) is 5.96. The van der Waals surface area contributed by atoms with Gasteiger partial charge in [-0.3, -0.25) is 4.79 Å². The number of pyridine rings is 1. The zero-order valence-electron chi connectivity index (χ0n) is 14.0. The molecule has 1 aliphatic heterocycles. The van der Waals surface area contributed by atoms with Crippen LogP contribution in [0.5, 0.6) is 0 Å². The summed E-state index contributed by atoms with van der Waals surface area (Å²) in [6.07, 6.45) is 5.19. The number of hydrogen-bond donors (Lipinski definition) is 1. The van der Waals surface area contributed by atoms with Crippen LogP contribution in [0.4, 0.5) is 0 Å². The zero-order valence-corrected chi connectivity index (χ0v) is 14.8. The standard InChI is InChI=1S/C16H18N6O2.ClH/c1-10-12-7-11(8-19-15(12)24-20-10)16(23)22-6-3-17-9-13(22)14-18-4-5-21(14)2;/h4-5,7-8,13,17H,3,6,9H2,1-2H3;1H. The van der Waals surface area contributed by atoms with E-state index in [4.69, 9.17) is 4.52 Å². The third-order valence-electron chi connectivity index (χ3n) is 4.42. The highest BCUT2D eigenvalue weighted by molar-refractivity contribution is 5.97. The van der Waals surface area contributed by atoms with Crippen LogP contribution >= 0.6 is 12.4 Å². The highest BCUT2D eigenvalue weighted by Crippen LogP contribution is 2.24. The number of hydrogen-bond acceptors (Lipinski definition) is 6. The first-order valence-corrected chi connectivity index (χ1v) is 7.86. The normalized spacial score (nSPS) is 17.5. The Morgan fingerprint density at radius 3 is 3.00 bits per heavy atom. The number of aryl methyl sites for hydroxylation is 2. The first-order valence-electron chi connectivity index (χ1n) is 7.86. The molecule has 4 rings (SSSR count). The lowest BCUT2D eigenvalue weighted by molar-refractivity contribution is 0.0620. The number of nitrogens with zero attached hydrogens (tertiary/aromatic N) is 5. The van der Waals surface area contributed by atoms with Crippen LogP contribution in [0.1, 0.15) is 27.9 Å². The van der Waals surface area contributed by atoms with Gasteiger partial charge in [0.25, 0.3) is 11.6 Å². The van der Waals surface area contributed by atoms with Gasteiger partial charge in [0, 0.05) is 45.3 Å². The highest BCUT2D eigenvalue weighted by Gasteiger charge is 2.31. The molecule has 1 atom stereocenters. The number of aromatic nitrogens is 4. The molecule has 1 N–H and O–H groups in total. The topological polar surface area (TPSA) is 89.1 Å². The van der Waals surface area contributed by atoms with Crippen molar-refractivity contribution in [2.45, 2.75) is 13.0 Å². The van der Waals surface area contributed by atoms with Crippen molar-refractivity contribution in [1.29, 1.82) is 0 Å². The molecule has 8 nitrogen and oxygen atoms in total. The highest BCUT2D eigenvalue weighted by atomic mass is 35.5. The van der Waals surface area contributed by atoms with Crippen molar-refractivity contribution in [1.82, 2.24) is 29.9 Å². The molecule has 0 radical (unpaired) electrons. The maximum atomic E-state index is 13.1. The number of nitrogens with one attached hydrogen (secondary N) is 1. The van der Waals surface area contributed by atoms with Gasteiger partial charge < -0.3 is 19.3 Å². The van der Waals surface area contributed by atoms with Crippen molar-refractivity contribution >= 4 is 29.4 Å². The van der Waals surface area contributed by atoms with Gasteiger partial charge in [-0.1, -0.05) is 5.16 Å². The number of rotatable bonds is 2. The van der Waals surface area contributed by atoms with Crippen molar-refractivity contribution in [3.05, 3.63) is 41.7 Å². The molecule has 0 aliphatic carbocycles. The number of fused-ring (bicyclic) bond motifs is 1. The second kappa shape index (κ2) is 6.81. The molecule has 1 amide bonds. The summed E-state index contributed by atoms with van der Waals surface area (Å²) in [5.74, 6) is 0.810. The van der Waals surface area contributed by atoms with Gasteiger partial charge in [-0.15, -0.1) is 12.4 Å². The quantitative estimate of drug-likeness (QED) is 0.742. The van der Waals surface area contributed by atoms with Gasteiger partial charge in [-0.2, -0.15) is 0 Å². The summed E-state index contributed by atoms with van der Waals surface area (Å²) in [7, 11) is 1.94. The van der Waals surface area contributed by atoms with Gasteiger partial charge in [0.15, 0.2) is 0 Å². The van der Waals surface area contributed by atoms with E-state index in [2.05, 4.69) is 20.4 Å². The van der Waals surface area contributed by atoms with E-state index in [1.165, 1.54) is 0 Å². The van der Waals surface area contributed by atoms with Crippen molar-refractivity contribution in [2.24, 2.45) is 7.05 Å². The summed E-state index contributed by atoms with van der Waals surface area (Å²) in [6, 6.07) is 1.69. The van der Waals surface area contributed by atoms with E-state index in [1.54, 1.807) is 18.5 Å². The number of halogens is 1. The molecule has 0 aromatic carbocycles. The lowest BCUT2D eigenvalue weighted by Gasteiger charge is -2.35. The van der Waals surface area contributed by atoms with E-state index < -0.39 is 0 Å². The maximum Gasteiger partial charge on any atom is 0.257 e. The number of amides is 1. The third kappa shape index (κ3) is 2.98. The van der Waals surface area contributed by atoms with Gasteiger partial charge in [-0.25, -0.2) is 9.97 Å². The minimum Gasteiger partial charge on any atom is -0.336 e. The summed E-state index contributed by atoms with van der Waals surface area (Å²) < 4.78 is 7.06. The Morgan fingerprint density at radius 1 is 1.40 bits per heavy atom. The van der Waals surface area contributed by atoms with E-state index in [9.17, 15) is 4.79 Å². The molecule has 1 aliphatic rings. The second-order valence-electron chi connectivity index (χ2n) is 5.96. The van der Waals surface area contributed by atoms with Crippen molar-refractivity contribution < 1.29 is 9.32 Å². The van der Waals surface area contributed by atoms with Gasteiger partial charge in [0.05, 0.1) is 16.6 Å². The van der Waals surface area contributed by atoms with Crippen molar-refractivity contribution in [3.8, 4) is 0 Å². The molecule has 0 saturated carbocycles. The van der Waals surface area contributed by atoms with Crippen LogP contribution in [0.25, 0.3) is 11.1 Å². The average Bonchev–Trinajstić information content (AvgIpc) is 3.20. The largest absolute Gasteiger partial charge is 0.336 e. The van der Waals surface area contributed by atoms with E-state index >= 15 is 0 Å². The third-order valence-corrected chi connectivity index (χ3v) is 4.42. The lowest BCUT2D eigenvalue weighted by atomic mass is 10.1. The van der Waals surface area contributed by atoms with Crippen LogP contribution in [0.15, 0.2) is 29.2 Å². The van der Waals surface area contributed by atoms with Crippen molar-refractivity contribution in [3.63, 3.8) is 0 Å². The minimum absolute atomic E-state index is 0. The van der Waals surface area contributed by atoms with E-state index in [0.717, 1.165) is 23.4 Å². The van der Waals surface area contributed by atoms with Gasteiger partial charge in [0.1, 0.15) is 11.9 Å². The maximum absolute atomic E-state index is 13.1. The first-order chi connectivity index (χ1) is 11.6. The van der Waals surface area contributed by atoms with Crippen LogP contribution in [0, 0.1) is 6.92 Å². The van der Waals surface area contributed by atoms with Gasteiger partial charge >= 0.3 is 0 Å². The smallest absolute Gasteiger partial charge is 0.257 e. The Morgan fingerprint density at radius 2 is 2.24 bits per heavy atom. The predicted molar refractivity (Wildman–Crippen MR) is 93.6 cm³/mol. The molecule has 132 valence electrons. The molecule has 3 aromatic rings. The van der Waals surface area contributed by atoms with Crippen LogP contribution in [-0.2, 0) is 7.05 Å². The molecule has 0 spiro atoms. The summed E-state index contributed by atoms with van der Waals surface area (Å²) in [5.41, 5.74) is 1.72. The first kappa shape index (κ1) is 17.4. The van der Waals surface area contributed by atoms with Crippen molar-refractivity contribution in [2.75, 3.05) is 19.6 Å². The Balaban J connectivity index is 0.00000182. The molecule has 0 bridgehead atoms. The SMILES string of the molecule is Cc1noc2ncc(C(=O)N3CCNCC3c3nccn3C)cc12.Cl. The van der Waals surface area contributed by atoms with Crippen LogP contribution < -0.4 is 5.32 Å². The van der Waals surface area contributed by atoms with E-state index in [-0.39, 0.29) is 24.4 Å². The summed E-state index contributed by atoms with van der Waals surface area (Å²) in [5, 5.41) is 7.99. The fourth-order valence-electron chi connectivity index (χ4n) is 3.10. The predicted octanol–water partition coefficient (Wildman–Crippen LogP) is 1.47. The lowest BCUT2D eigenvalue weighted by Crippen LogP contribution is -2.49. The summed E-state index contributed by atoms with van der Waals surface area (Å²) in [6.45, 7) is 3.90. The minimum atomic E-state index is -0.106. The molecule has 9 heteroatoms. The Bertz CT molecular complexity index is 905. The van der Waals surface area contributed by atoms with Crippen LogP contribution in [0.2, 0.25) is 0 Å². The molecular weight excluding hydrogens is 344 g/mol. The molecule has 3 aromatic heterocycles. The number of piperazine rings is 1. The molecule has 1 fully saturated rings. The molecule has 4 heterocycles. The van der Waals surface area contributed by atoms with E-state index in [1.807, 2.05) is 29.6 Å². The average molecular weight is 363 g/mol. The molecule has 1 unspecified atom stereocenters. The fourth-order valence-corrected chi connectivity index (χ4v) is 3.10. The fraction of sp³-hybridized carbons (Fsp3) is 0.375. The summed E-state index contributed by atoms with van der Waals surface area (Å²) >= 11 is 0. The molecule has 25 heavy (non-hydrogen) atoms. The Labute approximate surface area is 150 Å². The molecule has 1 saturated heterocycles. The van der Waals surface area contributed by atoms with Crippen LogP contribution in [-0.4, -0.2) is 50.1 Å². The zero-order chi connectivity index (χ0) is 16.7. The summed E-state index contributed by atoms with van der Waals surface area (Å²) in [4.78, 5) is 23.5. The monoisotopic (exact) mass is 362 g/mol. The van der Waals surface area contributed by atoms with Crippen LogP contribution in [0.3, 0.4) is 0 Å². The van der Waals surface area contributed by atoms with Gasteiger partial charge in [-0.05, 0) is 13.0 Å². The van der Waals surface area contributed by atoms with E-state index in [0.29, 0.717) is 24.4 Å².